The largest absolute Gasteiger partial charge is 0.496 e. The van der Waals surface area contributed by atoms with Gasteiger partial charge in [0.15, 0.2) is 0 Å². The average Bonchev–Trinajstić information content (AvgIpc) is 2.39. The fourth-order valence-corrected chi connectivity index (χ4v) is 1.74. The number of benzene rings is 1. The minimum atomic E-state index is -1.06. The van der Waals surface area contributed by atoms with Gasteiger partial charge in [-0.3, -0.25) is 4.98 Å². The van der Waals surface area contributed by atoms with E-state index in [9.17, 15) is 9.50 Å². The Morgan fingerprint density at radius 2 is 2.11 bits per heavy atom. The molecule has 0 radical (unpaired) electrons. The SMILES string of the molecule is COc1ccc(F)cc1C(O)c1ccc(Cl)cn1. The number of ether oxygens (including phenoxy) is 1. The van der Waals surface area contributed by atoms with Crippen molar-refractivity contribution >= 4 is 11.6 Å². The van der Waals surface area contributed by atoms with E-state index in [0.29, 0.717) is 22.0 Å². The van der Waals surface area contributed by atoms with Crippen LogP contribution in [0.25, 0.3) is 0 Å². The molecule has 2 rings (SSSR count). The molecule has 0 bridgehead atoms. The topological polar surface area (TPSA) is 42.4 Å². The lowest BCUT2D eigenvalue weighted by molar-refractivity contribution is 0.209. The highest BCUT2D eigenvalue weighted by Crippen LogP contribution is 2.29. The third-order valence-electron chi connectivity index (χ3n) is 2.52. The minimum absolute atomic E-state index is 0.326. The van der Waals surface area contributed by atoms with Crippen LogP contribution < -0.4 is 4.74 Å². The van der Waals surface area contributed by atoms with E-state index in [0.717, 1.165) is 0 Å². The van der Waals surface area contributed by atoms with Gasteiger partial charge in [0.2, 0.25) is 0 Å². The molecule has 0 saturated heterocycles. The molecule has 94 valence electrons. The molecule has 1 heterocycles. The van der Waals surface area contributed by atoms with E-state index in [4.69, 9.17) is 16.3 Å². The van der Waals surface area contributed by atoms with Crippen LogP contribution in [0.1, 0.15) is 17.4 Å². The zero-order chi connectivity index (χ0) is 13.1. The maximum atomic E-state index is 13.2. The predicted octanol–water partition coefficient (Wildman–Crippen LogP) is 2.96. The summed E-state index contributed by atoms with van der Waals surface area (Å²) in [6, 6.07) is 7.14. The highest BCUT2D eigenvalue weighted by Gasteiger charge is 2.17. The van der Waals surface area contributed by atoms with Gasteiger partial charge in [0, 0.05) is 11.8 Å². The van der Waals surface area contributed by atoms with E-state index in [1.54, 1.807) is 12.1 Å². The summed E-state index contributed by atoms with van der Waals surface area (Å²) in [7, 11) is 1.46. The molecule has 0 spiro atoms. The first kappa shape index (κ1) is 12.8. The lowest BCUT2D eigenvalue weighted by Gasteiger charge is -2.14. The van der Waals surface area contributed by atoms with Crippen molar-refractivity contribution in [2.45, 2.75) is 6.10 Å². The van der Waals surface area contributed by atoms with Gasteiger partial charge in [-0.25, -0.2) is 4.39 Å². The van der Waals surface area contributed by atoms with E-state index in [1.807, 2.05) is 0 Å². The van der Waals surface area contributed by atoms with Crippen LogP contribution in [0.4, 0.5) is 4.39 Å². The Balaban J connectivity index is 2.41. The van der Waals surface area contributed by atoms with Gasteiger partial charge in [0.25, 0.3) is 0 Å². The lowest BCUT2D eigenvalue weighted by Crippen LogP contribution is -2.04. The number of aliphatic hydroxyl groups is 1. The first-order valence-electron chi connectivity index (χ1n) is 5.25. The Labute approximate surface area is 109 Å². The predicted molar refractivity (Wildman–Crippen MR) is 66.3 cm³/mol. The second kappa shape index (κ2) is 5.33. The highest BCUT2D eigenvalue weighted by molar-refractivity contribution is 6.30. The van der Waals surface area contributed by atoms with Gasteiger partial charge < -0.3 is 9.84 Å². The summed E-state index contributed by atoms with van der Waals surface area (Å²) >= 11 is 5.72. The Morgan fingerprint density at radius 3 is 2.72 bits per heavy atom. The van der Waals surface area contributed by atoms with Crippen LogP contribution >= 0.6 is 11.6 Å². The zero-order valence-corrected chi connectivity index (χ0v) is 10.4. The van der Waals surface area contributed by atoms with Crippen LogP contribution in [-0.2, 0) is 0 Å². The van der Waals surface area contributed by atoms with Gasteiger partial charge in [0.05, 0.1) is 17.8 Å². The maximum Gasteiger partial charge on any atom is 0.125 e. The summed E-state index contributed by atoms with van der Waals surface area (Å²) in [6.45, 7) is 0. The number of aromatic nitrogens is 1. The molecule has 1 aromatic heterocycles. The molecule has 0 saturated carbocycles. The van der Waals surface area contributed by atoms with Crippen LogP contribution in [0.5, 0.6) is 5.75 Å². The number of nitrogens with zero attached hydrogens (tertiary/aromatic N) is 1. The van der Waals surface area contributed by atoms with Crippen molar-refractivity contribution in [1.29, 1.82) is 0 Å². The number of halogens is 2. The normalized spacial score (nSPS) is 12.2. The molecule has 3 nitrogen and oxygen atoms in total. The molecular weight excluding hydrogens is 257 g/mol. The number of rotatable bonds is 3. The van der Waals surface area contributed by atoms with Gasteiger partial charge in [-0.15, -0.1) is 0 Å². The quantitative estimate of drug-likeness (QED) is 0.930. The van der Waals surface area contributed by atoms with Crippen LogP contribution in [-0.4, -0.2) is 17.2 Å². The third kappa shape index (κ3) is 2.60. The van der Waals surface area contributed by atoms with E-state index >= 15 is 0 Å². The number of pyridine rings is 1. The van der Waals surface area contributed by atoms with E-state index < -0.39 is 11.9 Å². The van der Waals surface area contributed by atoms with Gasteiger partial charge in [-0.1, -0.05) is 11.6 Å². The number of hydrogen-bond donors (Lipinski definition) is 1. The number of methoxy groups -OCH3 is 1. The first-order valence-corrected chi connectivity index (χ1v) is 5.62. The molecule has 1 N–H and O–H groups in total. The summed E-state index contributed by atoms with van der Waals surface area (Å²) < 4.78 is 18.3. The fourth-order valence-electron chi connectivity index (χ4n) is 1.63. The van der Waals surface area contributed by atoms with Crippen LogP contribution in [0.2, 0.25) is 5.02 Å². The first-order chi connectivity index (χ1) is 8.61. The molecule has 0 aliphatic carbocycles. The van der Waals surface area contributed by atoms with Gasteiger partial charge in [0.1, 0.15) is 17.7 Å². The lowest BCUT2D eigenvalue weighted by atomic mass is 10.0. The summed E-state index contributed by atoms with van der Waals surface area (Å²) in [6.07, 6.45) is 0.360. The molecule has 18 heavy (non-hydrogen) atoms. The molecular formula is C13H11ClFNO2. The van der Waals surface area contributed by atoms with Crippen molar-refractivity contribution in [2.24, 2.45) is 0 Å². The fraction of sp³-hybridized carbons (Fsp3) is 0.154. The molecule has 0 amide bonds. The Hall–Kier alpha value is -1.65. The summed E-state index contributed by atoms with van der Waals surface area (Å²) in [5, 5.41) is 10.6. The second-order valence-electron chi connectivity index (χ2n) is 3.69. The molecule has 0 aliphatic heterocycles. The second-order valence-corrected chi connectivity index (χ2v) is 4.13. The van der Waals surface area contributed by atoms with E-state index in [1.165, 1.54) is 31.5 Å². The molecule has 0 aliphatic rings. The summed E-state index contributed by atoms with van der Waals surface area (Å²) in [5.41, 5.74) is 0.704. The smallest absolute Gasteiger partial charge is 0.125 e. The monoisotopic (exact) mass is 267 g/mol. The third-order valence-corrected chi connectivity index (χ3v) is 2.74. The van der Waals surface area contributed by atoms with Crippen molar-refractivity contribution in [3.05, 3.63) is 58.6 Å². The van der Waals surface area contributed by atoms with Crippen LogP contribution in [0.15, 0.2) is 36.5 Å². The summed E-state index contributed by atoms with van der Waals surface area (Å²) in [5.74, 6) is -0.0422. The molecule has 0 fully saturated rings. The Kier molecular flexibility index (Phi) is 3.79. The Morgan fingerprint density at radius 1 is 1.33 bits per heavy atom. The Bertz CT molecular complexity index is 545. The van der Waals surface area contributed by atoms with Crippen molar-refractivity contribution < 1.29 is 14.2 Å². The van der Waals surface area contributed by atoms with Crippen LogP contribution in [0.3, 0.4) is 0 Å². The standard InChI is InChI=1S/C13H11ClFNO2/c1-18-12-5-3-9(15)6-10(12)13(17)11-4-2-8(14)7-16-11/h2-7,13,17H,1H3. The molecule has 1 aromatic carbocycles. The van der Waals surface area contributed by atoms with Crippen molar-refractivity contribution in [1.82, 2.24) is 4.98 Å². The van der Waals surface area contributed by atoms with Crippen molar-refractivity contribution in [3.8, 4) is 5.75 Å². The van der Waals surface area contributed by atoms with Crippen molar-refractivity contribution in [3.63, 3.8) is 0 Å². The van der Waals surface area contributed by atoms with E-state index in [-0.39, 0.29) is 0 Å². The van der Waals surface area contributed by atoms with Gasteiger partial charge in [-0.2, -0.15) is 0 Å². The van der Waals surface area contributed by atoms with Gasteiger partial charge in [-0.05, 0) is 30.3 Å². The molecule has 1 atom stereocenters. The molecule has 2 aromatic rings. The zero-order valence-electron chi connectivity index (χ0n) is 9.60. The molecule has 1 unspecified atom stereocenters. The van der Waals surface area contributed by atoms with Crippen LogP contribution in [0, 0.1) is 5.82 Å². The number of aliphatic hydroxyl groups excluding tert-OH is 1. The average molecular weight is 268 g/mol. The van der Waals surface area contributed by atoms with Gasteiger partial charge >= 0.3 is 0 Å². The minimum Gasteiger partial charge on any atom is -0.496 e. The molecule has 5 heteroatoms. The number of hydrogen-bond acceptors (Lipinski definition) is 3. The summed E-state index contributed by atoms with van der Waals surface area (Å²) in [4.78, 5) is 4.00. The maximum absolute atomic E-state index is 13.2. The highest BCUT2D eigenvalue weighted by atomic mass is 35.5. The van der Waals surface area contributed by atoms with E-state index in [2.05, 4.69) is 4.98 Å². The van der Waals surface area contributed by atoms with Crippen molar-refractivity contribution in [2.75, 3.05) is 7.11 Å².